The molecule has 3 N–H and O–H groups in total. The summed E-state index contributed by atoms with van der Waals surface area (Å²) in [7, 11) is 4.50. The Morgan fingerprint density at radius 2 is 2.00 bits per heavy atom. The van der Waals surface area contributed by atoms with Crippen LogP contribution < -0.4 is 10.7 Å². The molecule has 1 aliphatic rings. The Morgan fingerprint density at radius 1 is 1.19 bits per heavy atom. The quantitative estimate of drug-likeness (QED) is 0.153. The normalized spacial score (nSPS) is 16.5. The zero-order valence-electron chi connectivity index (χ0n) is 24.3. The molecule has 3 rings (SSSR count). The number of aromatic nitrogens is 1. The molecule has 1 aromatic heterocycles. The van der Waals surface area contributed by atoms with Crippen molar-refractivity contribution in [3.8, 4) is 5.75 Å². The van der Waals surface area contributed by atoms with Gasteiger partial charge in [-0.2, -0.15) is 0 Å². The summed E-state index contributed by atoms with van der Waals surface area (Å²) in [5, 5.41) is 15.1. The largest absolute Gasteiger partial charge is 0.508 e. The zero-order chi connectivity index (χ0) is 30.5. The second-order valence-corrected chi connectivity index (χ2v) is 13.0. The van der Waals surface area contributed by atoms with E-state index in [4.69, 9.17) is 4.74 Å². The number of methoxy groups -OCH3 is 1. The smallest absolute Gasteiger partial charge is 0.324 e. The summed E-state index contributed by atoms with van der Waals surface area (Å²) in [6.07, 6.45) is 4.13. The second-order valence-electron chi connectivity index (χ2n) is 10.5. The van der Waals surface area contributed by atoms with Crippen molar-refractivity contribution in [3.05, 3.63) is 54.2 Å². The van der Waals surface area contributed by atoms with Crippen molar-refractivity contribution in [2.45, 2.75) is 69.5 Å². The first-order chi connectivity index (χ1) is 20.2. The monoisotopic (exact) mass is 616 g/mol. The number of aromatic hydroxyl groups is 1. The highest BCUT2D eigenvalue weighted by molar-refractivity contribution is 8.76. The lowest BCUT2D eigenvalue weighted by Crippen LogP contribution is -2.60. The van der Waals surface area contributed by atoms with Gasteiger partial charge >= 0.3 is 5.97 Å². The average molecular weight is 617 g/mol. The van der Waals surface area contributed by atoms with Crippen molar-refractivity contribution in [2.75, 3.05) is 19.4 Å². The lowest BCUT2D eigenvalue weighted by atomic mass is 9.88. The maximum absolute atomic E-state index is 13.7. The van der Waals surface area contributed by atoms with E-state index < -0.39 is 29.9 Å². The summed E-state index contributed by atoms with van der Waals surface area (Å²) in [5.41, 5.74) is 3.59. The highest BCUT2D eigenvalue weighted by Gasteiger charge is 2.35. The number of rotatable bonds is 15. The summed E-state index contributed by atoms with van der Waals surface area (Å²) in [6.45, 7) is 4.13. The minimum atomic E-state index is -0.973. The number of Topliss-reactive ketones (excluding diaryl/α,β-unsaturated/α-hetero) is 1. The predicted molar refractivity (Wildman–Crippen MR) is 163 cm³/mol. The lowest BCUT2D eigenvalue weighted by Gasteiger charge is -2.35. The number of carbonyl (C=O) groups excluding carboxylic acids is 4. The molecular formula is C30H40N4O6S2. The molecule has 0 unspecified atom stereocenters. The van der Waals surface area contributed by atoms with Crippen molar-refractivity contribution in [1.82, 2.24) is 20.7 Å². The number of hydrazine groups is 1. The predicted octanol–water partition coefficient (Wildman–Crippen LogP) is 3.94. The van der Waals surface area contributed by atoms with Gasteiger partial charge in [-0.3, -0.25) is 24.2 Å². The maximum Gasteiger partial charge on any atom is 0.324 e. The SMILES string of the molecule is COC(=O)[C@@H]1CCCN(C(=O)[C@H](Cc2cccc(O)c2)NC(=O)[C@@H](CC(=O)CCCSSc2ccccn2)C(C)C)N1. The number of nitrogens with one attached hydrogen (secondary N) is 2. The van der Waals surface area contributed by atoms with Crippen molar-refractivity contribution >= 4 is 45.2 Å². The number of phenolic OH excluding ortho intramolecular Hbond substituents is 1. The number of carbonyl (C=O) groups is 4. The highest BCUT2D eigenvalue weighted by atomic mass is 33.1. The van der Waals surface area contributed by atoms with Gasteiger partial charge in [0.05, 0.1) is 7.11 Å². The van der Waals surface area contributed by atoms with Crippen LogP contribution in [0.3, 0.4) is 0 Å². The summed E-state index contributed by atoms with van der Waals surface area (Å²) in [6, 6.07) is 10.6. The van der Waals surface area contributed by atoms with Crippen molar-refractivity contribution in [3.63, 3.8) is 0 Å². The third-order valence-corrected chi connectivity index (χ3v) is 9.31. The molecule has 12 heteroatoms. The van der Waals surface area contributed by atoms with E-state index in [9.17, 15) is 24.3 Å². The molecule has 0 aliphatic carbocycles. The number of benzene rings is 1. The van der Waals surface area contributed by atoms with Crippen LogP contribution in [0.25, 0.3) is 0 Å². The maximum atomic E-state index is 13.7. The van der Waals surface area contributed by atoms with Crippen LogP contribution in [0.15, 0.2) is 53.7 Å². The van der Waals surface area contributed by atoms with Crippen LogP contribution in [0.2, 0.25) is 0 Å². The van der Waals surface area contributed by atoms with Gasteiger partial charge < -0.3 is 15.2 Å². The molecule has 0 radical (unpaired) electrons. The first-order valence-electron chi connectivity index (χ1n) is 14.1. The van der Waals surface area contributed by atoms with Crippen LogP contribution in [0.4, 0.5) is 0 Å². The minimum Gasteiger partial charge on any atom is -0.508 e. The summed E-state index contributed by atoms with van der Waals surface area (Å²) >= 11 is 0. The van der Waals surface area contributed by atoms with Crippen LogP contribution in [-0.2, 0) is 30.3 Å². The van der Waals surface area contributed by atoms with E-state index in [1.165, 1.54) is 18.2 Å². The van der Waals surface area contributed by atoms with Crippen LogP contribution in [-0.4, -0.2) is 70.2 Å². The van der Waals surface area contributed by atoms with E-state index in [1.54, 1.807) is 46.0 Å². The van der Waals surface area contributed by atoms with E-state index >= 15 is 0 Å². The number of amides is 2. The number of ketones is 1. The van der Waals surface area contributed by atoms with E-state index in [2.05, 4.69) is 15.7 Å². The third kappa shape index (κ3) is 10.6. The zero-order valence-corrected chi connectivity index (χ0v) is 25.9. The molecule has 2 heterocycles. The number of hydrogen-bond acceptors (Lipinski definition) is 10. The van der Waals surface area contributed by atoms with Crippen molar-refractivity contribution in [2.24, 2.45) is 11.8 Å². The molecule has 42 heavy (non-hydrogen) atoms. The van der Waals surface area contributed by atoms with Gasteiger partial charge in [-0.1, -0.05) is 42.8 Å². The fourth-order valence-electron chi connectivity index (χ4n) is 4.65. The Kier molecular flexibility index (Phi) is 13.6. The molecule has 2 amide bonds. The van der Waals surface area contributed by atoms with Gasteiger partial charge in [-0.25, -0.2) is 10.4 Å². The fourth-order valence-corrected chi connectivity index (χ4v) is 6.61. The standard InChI is InChI=1S/C30H40N4O6S2/c1-20(2)24(19-23(36)11-8-16-41-42-27-13-4-5-14-31-27)28(37)32-26(18-21-9-6-10-22(35)17-21)29(38)34-15-7-12-25(33-34)30(39)40-3/h4-6,9-10,13-14,17,20,24-26,33,35H,7-8,11-12,15-16,18-19H2,1-3H3,(H,32,37)/t24-,25-,26-/m0/s1. The molecule has 3 atom stereocenters. The van der Waals surface area contributed by atoms with E-state index in [1.807, 2.05) is 32.0 Å². The number of phenols is 1. The van der Waals surface area contributed by atoms with Gasteiger partial charge in [0.25, 0.3) is 5.91 Å². The molecular weight excluding hydrogens is 576 g/mol. The Bertz CT molecular complexity index is 1200. The van der Waals surface area contributed by atoms with Crippen LogP contribution in [0.5, 0.6) is 5.75 Å². The fraction of sp³-hybridized carbons (Fsp3) is 0.500. The lowest BCUT2D eigenvalue weighted by molar-refractivity contribution is -0.151. The van der Waals surface area contributed by atoms with Crippen molar-refractivity contribution < 1.29 is 29.0 Å². The topological polar surface area (TPSA) is 138 Å². The Balaban J connectivity index is 1.62. The molecule has 0 spiro atoms. The van der Waals surface area contributed by atoms with Gasteiger partial charge in [-0.05, 0) is 65.8 Å². The minimum absolute atomic E-state index is 0.00163. The van der Waals surface area contributed by atoms with E-state index in [0.29, 0.717) is 37.8 Å². The van der Waals surface area contributed by atoms with Gasteiger partial charge in [0, 0.05) is 43.7 Å². The van der Waals surface area contributed by atoms with E-state index in [-0.39, 0.29) is 36.2 Å². The summed E-state index contributed by atoms with van der Waals surface area (Å²) in [5.74, 6) is -1.15. The van der Waals surface area contributed by atoms with Crippen LogP contribution in [0.1, 0.15) is 51.5 Å². The molecule has 0 saturated carbocycles. The van der Waals surface area contributed by atoms with Gasteiger partial charge in [0.1, 0.15) is 28.6 Å². The van der Waals surface area contributed by atoms with Gasteiger partial charge in [-0.15, -0.1) is 0 Å². The third-order valence-electron chi connectivity index (χ3n) is 6.96. The molecule has 228 valence electrons. The van der Waals surface area contributed by atoms with E-state index in [0.717, 1.165) is 10.8 Å². The van der Waals surface area contributed by atoms with Gasteiger partial charge in [0.2, 0.25) is 5.91 Å². The molecule has 2 aromatic rings. The number of hydrogen-bond donors (Lipinski definition) is 3. The molecule has 1 aromatic carbocycles. The Labute approximate surface area is 255 Å². The summed E-state index contributed by atoms with van der Waals surface area (Å²) < 4.78 is 4.83. The molecule has 0 bridgehead atoms. The Hall–Kier alpha value is -3.09. The van der Waals surface area contributed by atoms with Crippen LogP contribution >= 0.6 is 21.6 Å². The Morgan fingerprint density at radius 3 is 2.69 bits per heavy atom. The molecule has 1 fully saturated rings. The molecule has 1 aliphatic heterocycles. The molecule has 10 nitrogen and oxygen atoms in total. The second kappa shape index (κ2) is 17.1. The van der Waals surface area contributed by atoms with Gasteiger partial charge in [0.15, 0.2) is 0 Å². The highest BCUT2D eigenvalue weighted by Crippen LogP contribution is 2.30. The number of nitrogens with zero attached hydrogens (tertiary/aromatic N) is 2. The average Bonchev–Trinajstić information content (AvgIpc) is 2.99. The molecule has 1 saturated heterocycles. The number of esters is 1. The number of pyridine rings is 1. The summed E-state index contributed by atoms with van der Waals surface area (Å²) in [4.78, 5) is 56.4. The first kappa shape index (κ1) is 33.4. The van der Waals surface area contributed by atoms with Crippen LogP contribution in [0, 0.1) is 11.8 Å². The first-order valence-corrected chi connectivity index (χ1v) is 16.5. The number of ether oxygens (including phenoxy) is 1. The van der Waals surface area contributed by atoms with Crippen molar-refractivity contribution in [1.29, 1.82) is 0 Å².